The van der Waals surface area contributed by atoms with Gasteiger partial charge in [0.1, 0.15) is 13.1 Å². The lowest BCUT2D eigenvalue weighted by molar-refractivity contribution is -0.914. The van der Waals surface area contributed by atoms with Crippen molar-refractivity contribution < 1.29 is 9.69 Å². The minimum absolute atomic E-state index is 0.121. The van der Waals surface area contributed by atoms with Gasteiger partial charge in [0.25, 0.3) is 5.91 Å². The molecule has 2 N–H and O–H groups in total. The Morgan fingerprint density at radius 2 is 1.81 bits per heavy atom. The van der Waals surface area contributed by atoms with Gasteiger partial charge < -0.3 is 9.47 Å². The van der Waals surface area contributed by atoms with Crippen LogP contribution in [0.2, 0.25) is 0 Å². The first-order valence-electron chi connectivity index (χ1n) is 9.39. The van der Waals surface area contributed by atoms with Crippen molar-refractivity contribution >= 4 is 22.7 Å². The van der Waals surface area contributed by atoms with E-state index < -0.39 is 0 Å². The van der Waals surface area contributed by atoms with Gasteiger partial charge in [0.15, 0.2) is 0 Å². The summed E-state index contributed by atoms with van der Waals surface area (Å²) in [6.45, 7) is 3.38. The van der Waals surface area contributed by atoms with E-state index in [9.17, 15) is 4.79 Å². The summed E-state index contributed by atoms with van der Waals surface area (Å²) >= 11 is 0. The number of hydrazone groups is 1. The molecule has 6 heteroatoms. The van der Waals surface area contributed by atoms with Gasteiger partial charge >= 0.3 is 0 Å². The fourth-order valence-electron chi connectivity index (χ4n) is 3.53. The minimum Gasteiger partial charge on any atom is -0.331 e. The summed E-state index contributed by atoms with van der Waals surface area (Å²) in [7, 11) is 0. The van der Waals surface area contributed by atoms with Crippen molar-refractivity contribution in [1.82, 2.24) is 15.0 Å². The van der Waals surface area contributed by atoms with E-state index in [1.54, 1.807) is 11.2 Å². The van der Waals surface area contributed by atoms with Crippen molar-refractivity contribution in [3.05, 3.63) is 66.5 Å². The van der Waals surface area contributed by atoms with Crippen LogP contribution in [-0.2, 0) is 17.9 Å². The van der Waals surface area contributed by atoms with Gasteiger partial charge in [-0.2, -0.15) is 5.10 Å². The molecule has 0 saturated carbocycles. The van der Waals surface area contributed by atoms with Crippen molar-refractivity contribution in [3.8, 4) is 0 Å². The number of quaternary nitrogens is 1. The number of rotatable bonds is 5. The van der Waals surface area contributed by atoms with Crippen LogP contribution in [0.25, 0.3) is 11.0 Å². The maximum Gasteiger partial charge on any atom is 0.260 e. The van der Waals surface area contributed by atoms with Crippen molar-refractivity contribution in [2.45, 2.75) is 25.9 Å². The monoisotopic (exact) mass is 362 g/mol. The van der Waals surface area contributed by atoms with Crippen LogP contribution in [0.3, 0.4) is 0 Å². The molecule has 0 atom stereocenters. The van der Waals surface area contributed by atoms with Gasteiger partial charge in [-0.1, -0.05) is 42.5 Å². The van der Waals surface area contributed by atoms with Crippen LogP contribution in [0.4, 0.5) is 0 Å². The lowest BCUT2D eigenvalue weighted by Gasteiger charge is -2.24. The molecular formula is C21H24N5O+. The molecule has 4 rings (SSSR count). The van der Waals surface area contributed by atoms with E-state index in [4.69, 9.17) is 0 Å². The van der Waals surface area contributed by atoms with Gasteiger partial charge in [-0.25, -0.2) is 10.4 Å². The molecule has 27 heavy (non-hydrogen) atoms. The first-order chi connectivity index (χ1) is 13.3. The molecule has 1 aliphatic heterocycles. The Bertz CT molecular complexity index is 937. The Hall–Kier alpha value is -2.99. The third-order valence-corrected chi connectivity index (χ3v) is 5.01. The maximum atomic E-state index is 12.2. The quantitative estimate of drug-likeness (QED) is 0.674. The summed E-state index contributed by atoms with van der Waals surface area (Å²) in [5.41, 5.74) is 7.01. The van der Waals surface area contributed by atoms with Crippen LogP contribution in [-0.4, -0.2) is 34.3 Å². The molecule has 3 aromatic rings. The number of hydrogen-bond donors (Lipinski definition) is 2. The summed E-state index contributed by atoms with van der Waals surface area (Å²) in [4.78, 5) is 18.1. The topological polar surface area (TPSA) is 63.7 Å². The fourth-order valence-corrected chi connectivity index (χ4v) is 3.53. The molecule has 6 nitrogen and oxygen atoms in total. The average Bonchev–Trinajstić information content (AvgIpc) is 3.11. The minimum atomic E-state index is -0.121. The Balaban J connectivity index is 1.27. The van der Waals surface area contributed by atoms with Crippen molar-refractivity contribution in [3.63, 3.8) is 0 Å². The average molecular weight is 362 g/mol. The Kier molecular flexibility index (Phi) is 5.25. The van der Waals surface area contributed by atoms with Crippen LogP contribution < -0.4 is 10.3 Å². The molecule has 138 valence electrons. The zero-order valence-electron chi connectivity index (χ0n) is 15.3. The van der Waals surface area contributed by atoms with E-state index in [-0.39, 0.29) is 12.5 Å². The predicted molar refractivity (Wildman–Crippen MR) is 105 cm³/mol. The molecule has 2 aromatic carbocycles. The maximum absolute atomic E-state index is 12.2. The van der Waals surface area contributed by atoms with E-state index in [2.05, 4.69) is 45.8 Å². The summed E-state index contributed by atoms with van der Waals surface area (Å²) < 4.78 is 1.84. The number of carbonyl (C=O) groups excluding carboxylic acids is 1. The molecule has 0 unspecified atom stereocenters. The van der Waals surface area contributed by atoms with Crippen LogP contribution >= 0.6 is 0 Å². The number of likely N-dealkylation sites (tertiary alicyclic amines) is 1. The highest BCUT2D eigenvalue weighted by Gasteiger charge is 2.18. The van der Waals surface area contributed by atoms with E-state index >= 15 is 0 Å². The lowest BCUT2D eigenvalue weighted by Crippen LogP contribution is -3.11. The molecular weight excluding hydrogens is 338 g/mol. The zero-order chi connectivity index (χ0) is 18.5. The van der Waals surface area contributed by atoms with Crippen molar-refractivity contribution in [2.24, 2.45) is 5.10 Å². The van der Waals surface area contributed by atoms with Gasteiger partial charge in [-0.15, -0.1) is 0 Å². The van der Waals surface area contributed by atoms with E-state index in [1.807, 2.05) is 28.8 Å². The number of nitrogens with one attached hydrogen (secondary N) is 2. The second kappa shape index (κ2) is 8.14. The Morgan fingerprint density at radius 1 is 1.07 bits per heavy atom. The van der Waals surface area contributed by atoms with Gasteiger partial charge in [-0.05, 0) is 12.1 Å². The molecule has 1 aliphatic rings. The van der Waals surface area contributed by atoms with E-state index in [1.165, 1.54) is 5.56 Å². The predicted octanol–water partition coefficient (Wildman–Crippen LogP) is 1.39. The summed E-state index contributed by atoms with van der Waals surface area (Å²) in [5, 5.41) is 4.36. The summed E-state index contributed by atoms with van der Waals surface area (Å²) in [6, 6.07) is 18.4. The summed E-state index contributed by atoms with van der Waals surface area (Å²) in [6.07, 6.45) is 3.55. The van der Waals surface area contributed by atoms with Crippen molar-refractivity contribution in [1.29, 1.82) is 0 Å². The van der Waals surface area contributed by atoms with Crippen LogP contribution in [0.5, 0.6) is 0 Å². The number of aromatic nitrogens is 2. The third kappa shape index (κ3) is 4.41. The normalized spacial score (nSPS) is 17.0. The molecule has 2 heterocycles. The van der Waals surface area contributed by atoms with Gasteiger partial charge in [-0.3, -0.25) is 4.79 Å². The number of piperidine rings is 1. The standard InChI is InChI=1S/C21H23N5O/c27-21(15-26-16-22-19-8-4-5-9-20(19)26)24-23-18-10-12-25(13-11-18)14-17-6-2-1-3-7-17/h1-9,16H,10-15H2,(H,24,27)/p+1. The van der Waals surface area contributed by atoms with E-state index in [0.29, 0.717) is 0 Å². The van der Waals surface area contributed by atoms with Crippen molar-refractivity contribution in [2.75, 3.05) is 13.1 Å². The number of hydrogen-bond acceptors (Lipinski definition) is 3. The van der Waals surface area contributed by atoms with Gasteiger partial charge in [0, 0.05) is 24.1 Å². The largest absolute Gasteiger partial charge is 0.331 e. The molecule has 0 aliphatic carbocycles. The number of fused-ring (bicyclic) bond motifs is 1. The third-order valence-electron chi connectivity index (χ3n) is 5.01. The Morgan fingerprint density at radius 3 is 2.63 bits per heavy atom. The molecule has 0 radical (unpaired) electrons. The smallest absolute Gasteiger partial charge is 0.260 e. The number of carbonyl (C=O) groups is 1. The molecule has 1 aromatic heterocycles. The number of para-hydroxylation sites is 2. The molecule has 1 saturated heterocycles. The molecule has 1 fully saturated rings. The van der Waals surface area contributed by atoms with Crippen LogP contribution in [0.1, 0.15) is 18.4 Å². The second-order valence-electron chi connectivity index (χ2n) is 6.99. The first-order valence-corrected chi connectivity index (χ1v) is 9.39. The van der Waals surface area contributed by atoms with Gasteiger partial charge in [0.2, 0.25) is 0 Å². The second-order valence-corrected chi connectivity index (χ2v) is 6.99. The number of benzene rings is 2. The summed E-state index contributed by atoms with van der Waals surface area (Å²) in [5.74, 6) is -0.121. The van der Waals surface area contributed by atoms with Gasteiger partial charge in [0.05, 0.1) is 30.5 Å². The number of amides is 1. The SMILES string of the molecule is O=C(Cn1cnc2ccccc21)NN=C1CC[NH+](Cc2ccccc2)CC1. The highest BCUT2D eigenvalue weighted by atomic mass is 16.2. The Labute approximate surface area is 158 Å². The molecule has 0 spiro atoms. The molecule has 1 amide bonds. The molecule has 0 bridgehead atoms. The number of imidazole rings is 1. The highest BCUT2D eigenvalue weighted by Crippen LogP contribution is 2.11. The van der Waals surface area contributed by atoms with E-state index in [0.717, 1.165) is 49.2 Å². The number of nitrogens with zero attached hydrogens (tertiary/aromatic N) is 3. The van der Waals surface area contributed by atoms with Crippen LogP contribution in [0.15, 0.2) is 66.0 Å². The van der Waals surface area contributed by atoms with Crippen LogP contribution in [0, 0.1) is 0 Å². The zero-order valence-corrected chi connectivity index (χ0v) is 15.3. The fraction of sp³-hybridized carbons (Fsp3) is 0.286. The highest BCUT2D eigenvalue weighted by molar-refractivity contribution is 5.87. The first kappa shape index (κ1) is 17.4. The lowest BCUT2D eigenvalue weighted by atomic mass is 10.1.